The van der Waals surface area contributed by atoms with Gasteiger partial charge in [0.25, 0.3) is 0 Å². The lowest BCUT2D eigenvalue weighted by molar-refractivity contribution is 0.230. The zero-order valence-electron chi connectivity index (χ0n) is 15.5. The van der Waals surface area contributed by atoms with E-state index in [0.717, 1.165) is 41.9 Å². The molecule has 0 aliphatic carbocycles. The van der Waals surface area contributed by atoms with E-state index < -0.39 is 0 Å². The van der Waals surface area contributed by atoms with Crippen LogP contribution in [-0.4, -0.2) is 41.3 Å². The molecule has 0 radical (unpaired) electrons. The van der Waals surface area contributed by atoms with E-state index in [1.54, 1.807) is 18.2 Å². The molecular formula is C21H19BrN4O3. The molecule has 3 N–H and O–H groups in total. The molecule has 2 aliphatic heterocycles. The molecule has 1 aromatic heterocycles. The lowest BCUT2D eigenvalue weighted by Crippen LogP contribution is -2.42. The van der Waals surface area contributed by atoms with Crippen LogP contribution in [0.3, 0.4) is 0 Å². The normalized spacial score (nSPS) is 18.0. The molecule has 0 saturated carbocycles. The average molecular weight is 455 g/mol. The molecule has 0 unspecified atom stereocenters. The summed E-state index contributed by atoms with van der Waals surface area (Å²) in [5, 5.41) is 33.5. The van der Waals surface area contributed by atoms with E-state index in [9.17, 15) is 10.2 Å². The highest BCUT2D eigenvalue weighted by atomic mass is 79.9. The Kier molecular flexibility index (Phi) is 4.61. The maximum Gasteiger partial charge on any atom is 0.172 e. The Morgan fingerprint density at radius 1 is 1.14 bits per heavy atom. The highest BCUT2D eigenvalue weighted by Crippen LogP contribution is 2.42. The molecule has 148 valence electrons. The first-order valence-electron chi connectivity index (χ1n) is 9.43. The molecule has 0 spiro atoms. The molecule has 1 saturated heterocycles. The van der Waals surface area contributed by atoms with Crippen LogP contribution in [0.5, 0.6) is 11.5 Å². The van der Waals surface area contributed by atoms with E-state index in [0.29, 0.717) is 34.5 Å². The zero-order chi connectivity index (χ0) is 20.0. The number of halogens is 1. The second-order valence-corrected chi connectivity index (χ2v) is 8.09. The number of azo groups is 1. The van der Waals surface area contributed by atoms with Crippen molar-refractivity contribution >= 4 is 44.4 Å². The second kappa shape index (κ2) is 7.29. The SMILES string of the molecule is Oc1ccc2c(O)c(C=C3N=Nc4ccc(Br)cc43)oc2c1CN1CCNCC1. The van der Waals surface area contributed by atoms with E-state index in [4.69, 9.17) is 4.42 Å². The van der Waals surface area contributed by atoms with Gasteiger partial charge in [-0.3, -0.25) is 4.90 Å². The predicted molar refractivity (Wildman–Crippen MR) is 114 cm³/mol. The summed E-state index contributed by atoms with van der Waals surface area (Å²) in [6.07, 6.45) is 1.68. The van der Waals surface area contributed by atoms with Crippen LogP contribution in [0.4, 0.5) is 5.69 Å². The number of hydrogen-bond acceptors (Lipinski definition) is 7. The zero-order valence-corrected chi connectivity index (χ0v) is 17.1. The summed E-state index contributed by atoms with van der Waals surface area (Å²) < 4.78 is 6.94. The summed E-state index contributed by atoms with van der Waals surface area (Å²) in [4.78, 5) is 2.25. The molecular weight excluding hydrogens is 436 g/mol. The molecule has 3 heterocycles. The largest absolute Gasteiger partial charge is 0.507 e. The third-order valence-corrected chi connectivity index (χ3v) is 5.79. The summed E-state index contributed by atoms with van der Waals surface area (Å²) in [6, 6.07) is 9.00. The van der Waals surface area contributed by atoms with Gasteiger partial charge in [0.05, 0.1) is 22.3 Å². The maximum atomic E-state index is 10.7. The van der Waals surface area contributed by atoms with Crippen LogP contribution in [0.25, 0.3) is 22.7 Å². The minimum Gasteiger partial charge on any atom is -0.507 e. The second-order valence-electron chi connectivity index (χ2n) is 7.17. The van der Waals surface area contributed by atoms with Gasteiger partial charge in [-0.25, -0.2) is 0 Å². The van der Waals surface area contributed by atoms with Crippen molar-refractivity contribution in [1.29, 1.82) is 0 Å². The standard InChI is InChI=1S/C21H19BrN4O3/c22-12-1-3-16-14(9-12)17(25-24-16)10-19-20(28)13-2-4-18(27)15(21(13)29-19)11-26-7-5-23-6-8-26/h1-4,9-10,23,27-28H,5-8,11H2. The number of phenolic OH excluding ortho intramolecular Hbond substituents is 1. The summed E-state index contributed by atoms with van der Waals surface area (Å²) in [5.41, 5.74) is 3.43. The number of rotatable bonds is 3. The van der Waals surface area contributed by atoms with Crippen molar-refractivity contribution in [3.63, 3.8) is 0 Å². The predicted octanol–water partition coefficient (Wildman–Crippen LogP) is 4.61. The average Bonchev–Trinajstić information content (AvgIpc) is 3.26. The number of furan rings is 1. The fourth-order valence-corrected chi connectivity index (χ4v) is 4.11. The van der Waals surface area contributed by atoms with Crippen LogP contribution in [0, 0.1) is 0 Å². The van der Waals surface area contributed by atoms with E-state index >= 15 is 0 Å². The third-order valence-electron chi connectivity index (χ3n) is 5.30. The molecule has 0 bridgehead atoms. The van der Waals surface area contributed by atoms with Crippen LogP contribution in [-0.2, 0) is 6.54 Å². The van der Waals surface area contributed by atoms with Gasteiger partial charge in [0.2, 0.25) is 0 Å². The van der Waals surface area contributed by atoms with Gasteiger partial charge >= 0.3 is 0 Å². The van der Waals surface area contributed by atoms with Crippen molar-refractivity contribution in [2.24, 2.45) is 10.2 Å². The van der Waals surface area contributed by atoms with Crippen LogP contribution in [0.1, 0.15) is 16.9 Å². The Labute approximate surface area is 175 Å². The van der Waals surface area contributed by atoms with Gasteiger partial charge < -0.3 is 19.9 Å². The van der Waals surface area contributed by atoms with Crippen molar-refractivity contribution < 1.29 is 14.6 Å². The quantitative estimate of drug-likeness (QED) is 0.537. The van der Waals surface area contributed by atoms with E-state index in [-0.39, 0.29) is 11.5 Å². The monoisotopic (exact) mass is 454 g/mol. The number of hydrogen-bond donors (Lipinski definition) is 3. The van der Waals surface area contributed by atoms with Gasteiger partial charge in [0, 0.05) is 48.8 Å². The first-order chi connectivity index (χ1) is 14.1. The Morgan fingerprint density at radius 2 is 1.97 bits per heavy atom. The van der Waals surface area contributed by atoms with Crippen LogP contribution < -0.4 is 5.32 Å². The number of piperazine rings is 1. The molecule has 3 aromatic rings. The van der Waals surface area contributed by atoms with Crippen molar-refractivity contribution in [2.45, 2.75) is 6.54 Å². The molecule has 2 aliphatic rings. The van der Waals surface area contributed by atoms with E-state index in [1.165, 1.54) is 0 Å². The van der Waals surface area contributed by atoms with Crippen molar-refractivity contribution in [2.75, 3.05) is 26.2 Å². The summed E-state index contributed by atoms with van der Waals surface area (Å²) in [7, 11) is 0. The smallest absolute Gasteiger partial charge is 0.172 e. The highest BCUT2D eigenvalue weighted by Gasteiger charge is 2.22. The fraction of sp³-hybridized carbons (Fsp3) is 0.238. The number of benzene rings is 2. The van der Waals surface area contributed by atoms with Gasteiger partial charge in [-0.2, -0.15) is 0 Å². The number of nitrogens with one attached hydrogen (secondary N) is 1. The summed E-state index contributed by atoms with van der Waals surface area (Å²) >= 11 is 3.46. The lowest BCUT2D eigenvalue weighted by Gasteiger charge is -2.27. The first kappa shape index (κ1) is 18.4. The van der Waals surface area contributed by atoms with Gasteiger partial charge in [-0.05, 0) is 30.3 Å². The van der Waals surface area contributed by atoms with Crippen molar-refractivity contribution in [3.05, 3.63) is 51.7 Å². The van der Waals surface area contributed by atoms with Crippen LogP contribution in [0.2, 0.25) is 0 Å². The minimum atomic E-state index is 0.0349. The van der Waals surface area contributed by atoms with Crippen LogP contribution >= 0.6 is 15.9 Å². The van der Waals surface area contributed by atoms with Gasteiger partial charge in [0.1, 0.15) is 11.3 Å². The number of nitrogens with zero attached hydrogens (tertiary/aromatic N) is 3. The molecule has 8 heteroatoms. The molecule has 0 amide bonds. The Hall–Kier alpha value is -2.68. The molecule has 1 fully saturated rings. The summed E-state index contributed by atoms with van der Waals surface area (Å²) in [6.45, 7) is 4.18. The van der Waals surface area contributed by atoms with Gasteiger partial charge in [-0.15, -0.1) is 10.2 Å². The topological polar surface area (TPSA) is 93.6 Å². The third kappa shape index (κ3) is 3.33. The molecule has 29 heavy (non-hydrogen) atoms. The first-order valence-corrected chi connectivity index (χ1v) is 10.2. The molecule has 5 rings (SSSR count). The van der Waals surface area contributed by atoms with Crippen LogP contribution in [0.15, 0.2) is 49.5 Å². The van der Waals surface area contributed by atoms with E-state index in [1.807, 2.05) is 18.2 Å². The van der Waals surface area contributed by atoms with Gasteiger partial charge in [-0.1, -0.05) is 15.9 Å². The summed E-state index contributed by atoms with van der Waals surface area (Å²) in [5.74, 6) is 0.500. The molecule has 0 atom stereocenters. The molecule has 7 nitrogen and oxygen atoms in total. The Morgan fingerprint density at radius 3 is 2.79 bits per heavy atom. The highest BCUT2D eigenvalue weighted by molar-refractivity contribution is 9.10. The maximum absolute atomic E-state index is 10.7. The number of phenols is 1. The molecule has 2 aromatic carbocycles. The Bertz CT molecular complexity index is 1160. The fourth-order valence-electron chi connectivity index (χ4n) is 3.75. The van der Waals surface area contributed by atoms with Crippen molar-refractivity contribution in [1.82, 2.24) is 10.2 Å². The van der Waals surface area contributed by atoms with Crippen molar-refractivity contribution in [3.8, 4) is 11.5 Å². The number of fused-ring (bicyclic) bond motifs is 2. The lowest BCUT2D eigenvalue weighted by atomic mass is 10.1. The Balaban J connectivity index is 1.57. The van der Waals surface area contributed by atoms with E-state index in [2.05, 4.69) is 36.4 Å². The minimum absolute atomic E-state index is 0.0349. The van der Waals surface area contributed by atoms with Gasteiger partial charge in [0.15, 0.2) is 11.5 Å². The number of aromatic hydroxyl groups is 2.